The molecule has 4 rings (SSSR count). The van der Waals surface area contributed by atoms with E-state index in [1.54, 1.807) is 0 Å². The topological polar surface area (TPSA) is 50.2 Å². The van der Waals surface area contributed by atoms with Gasteiger partial charge in [0.2, 0.25) is 5.91 Å². The summed E-state index contributed by atoms with van der Waals surface area (Å²) in [5.41, 5.74) is 3.31. The van der Waals surface area contributed by atoms with E-state index in [1.807, 2.05) is 29.2 Å². The molecular formula is C21H24N4O. The van der Waals surface area contributed by atoms with Gasteiger partial charge >= 0.3 is 0 Å². The largest absolute Gasteiger partial charge is 0.341 e. The van der Waals surface area contributed by atoms with Crippen LogP contribution in [0.3, 0.4) is 0 Å². The van der Waals surface area contributed by atoms with Crippen molar-refractivity contribution in [3.05, 3.63) is 66.0 Å². The second-order valence-corrected chi connectivity index (χ2v) is 6.80. The number of para-hydroxylation sites is 2. The first kappa shape index (κ1) is 16.8. The van der Waals surface area contributed by atoms with E-state index < -0.39 is 0 Å². The lowest BCUT2D eigenvalue weighted by Crippen LogP contribution is -2.35. The number of benzene rings is 2. The number of amides is 1. The Balaban J connectivity index is 1.60. The van der Waals surface area contributed by atoms with Crippen LogP contribution < -0.4 is 5.32 Å². The third-order valence-electron chi connectivity index (χ3n) is 5.11. The summed E-state index contributed by atoms with van der Waals surface area (Å²) in [5, 5.41) is 3.62. The summed E-state index contributed by atoms with van der Waals surface area (Å²) >= 11 is 0. The van der Waals surface area contributed by atoms with Gasteiger partial charge in [0.1, 0.15) is 5.82 Å². The van der Waals surface area contributed by atoms with E-state index in [2.05, 4.69) is 47.3 Å². The summed E-state index contributed by atoms with van der Waals surface area (Å²) in [6, 6.07) is 18.6. The molecule has 2 aromatic carbocycles. The molecule has 0 aliphatic carbocycles. The standard InChI is InChI=1S/C21H24N4O/c1-24-18-11-6-5-10-17(18)23-21(24)20(16-8-3-2-4-9-16)22-13-15-25-14-7-12-19(25)26/h2-6,8-11,20,22H,7,12-15H2,1H3. The Bertz CT molecular complexity index is 903. The van der Waals surface area contributed by atoms with Crippen molar-refractivity contribution in [1.29, 1.82) is 0 Å². The number of rotatable bonds is 6. The minimum atomic E-state index is -0.00805. The SMILES string of the molecule is Cn1c(C(NCCN2CCCC2=O)c2ccccc2)nc2ccccc21. The number of aromatic nitrogens is 2. The predicted molar refractivity (Wildman–Crippen MR) is 103 cm³/mol. The molecule has 1 aliphatic heterocycles. The molecule has 26 heavy (non-hydrogen) atoms. The molecule has 1 saturated heterocycles. The third-order valence-corrected chi connectivity index (χ3v) is 5.11. The Morgan fingerprint density at radius 3 is 2.62 bits per heavy atom. The molecule has 0 bridgehead atoms. The number of nitrogens with one attached hydrogen (secondary N) is 1. The lowest BCUT2D eigenvalue weighted by Gasteiger charge is -2.22. The molecule has 1 unspecified atom stereocenters. The zero-order chi connectivity index (χ0) is 17.9. The first-order valence-corrected chi connectivity index (χ1v) is 9.21. The lowest BCUT2D eigenvalue weighted by molar-refractivity contribution is -0.127. The fraction of sp³-hybridized carbons (Fsp3) is 0.333. The van der Waals surface area contributed by atoms with Gasteiger partial charge in [0.05, 0.1) is 17.1 Å². The summed E-state index contributed by atoms with van der Waals surface area (Å²) in [6.45, 7) is 2.36. The van der Waals surface area contributed by atoms with Crippen LogP contribution in [0.2, 0.25) is 0 Å². The van der Waals surface area contributed by atoms with E-state index in [-0.39, 0.29) is 11.9 Å². The van der Waals surface area contributed by atoms with Crippen LogP contribution in [0.4, 0.5) is 0 Å². The van der Waals surface area contributed by atoms with Crippen LogP contribution in [0.15, 0.2) is 54.6 Å². The molecule has 1 aromatic heterocycles. The van der Waals surface area contributed by atoms with Crippen molar-refractivity contribution in [2.75, 3.05) is 19.6 Å². The minimum Gasteiger partial charge on any atom is -0.341 e. The van der Waals surface area contributed by atoms with Crippen LogP contribution in [0.25, 0.3) is 11.0 Å². The average Bonchev–Trinajstić information content (AvgIpc) is 3.23. The number of imidazole rings is 1. The van der Waals surface area contributed by atoms with Crippen molar-refractivity contribution in [3.8, 4) is 0 Å². The summed E-state index contributed by atoms with van der Waals surface area (Å²) in [6.07, 6.45) is 1.67. The quantitative estimate of drug-likeness (QED) is 0.745. The zero-order valence-electron chi connectivity index (χ0n) is 15.1. The van der Waals surface area contributed by atoms with E-state index >= 15 is 0 Å². The number of hydrogen-bond acceptors (Lipinski definition) is 3. The second-order valence-electron chi connectivity index (χ2n) is 6.80. The fourth-order valence-electron chi connectivity index (χ4n) is 3.71. The molecule has 1 aliphatic rings. The van der Waals surface area contributed by atoms with Gasteiger partial charge in [0.15, 0.2) is 0 Å². The number of nitrogens with zero attached hydrogens (tertiary/aromatic N) is 3. The van der Waals surface area contributed by atoms with Crippen LogP contribution in [0, 0.1) is 0 Å². The van der Waals surface area contributed by atoms with E-state index in [1.165, 1.54) is 5.56 Å². The van der Waals surface area contributed by atoms with E-state index in [0.717, 1.165) is 42.9 Å². The van der Waals surface area contributed by atoms with Gasteiger partial charge in [0.25, 0.3) is 0 Å². The Morgan fingerprint density at radius 1 is 1.12 bits per heavy atom. The Labute approximate surface area is 153 Å². The number of carbonyl (C=O) groups excluding carboxylic acids is 1. The van der Waals surface area contributed by atoms with Gasteiger partial charge in [-0.25, -0.2) is 4.98 Å². The monoisotopic (exact) mass is 348 g/mol. The van der Waals surface area contributed by atoms with Crippen LogP contribution in [-0.2, 0) is 11.8 Å². The highest BCUT2D eigenvalue weighted by Crippen LogP contribution is 2.24. The van der Waals surface area contributed by atoms with Gasteiger partial charge < -0.3 is 14.8 Å². The van der Waals surface area contributed by atoms with Gasteiger partial charge in [-0.1, -0.05) is 42.5 Å². The Hall–Kier alpha value is -2.66. The predicted octanol–water partition coefficient (Wildman–Crippen LogP) is 2.87. The highest BCUT2D eigenvalue weighted by atomic mass is 16.2. The molecule has 1 fully saturated rings. The molecule has 134 valence electrons. The molecule has 5 heteroatoms. The number of aryl methyl sites for hydroxylation is 1. The number of hydrogen-bond donors (Lipinski definition) is 1. The molecule has 1 amide bonds. The summed E-state index contributed by atoms with van der Waals surface area (Å²) in [7, 11) is 2.06. The number of fused-ring (bicyclic) bond motifs is 1. The molecule has 3 aromatic rings. The maximum Gasteiger partial charge on any atom is 0.222 e. The number of likely N-dealkylation sites (tertiary alicyclic amines) is 1. The minimum absolute atomic E-state index is 0.00805. The average molecular weight is 348 g/mol. The van der Waals surface area contributed by atoms with E-state index in [4.69, 9.17) is 4.98 Å². The molecule has 1 atom stereocenters. The van der Waals surface area contributed by atoms with Crippen molar-refractivity contribution in [3.63, 3.8) is 0 Å². The lowest BCUT2D eigenvalue weighted by atomic mass is 10.1. The molecule has 0 radical (unpaired) electrons. The van der Waals surface area contributed by atoms with Gasteiger partial charge in [-0.2, -0.15) is 0 Å². The van der Waals surface area contributed by atoms with Gasteiger partial charge in [-0.05, 0) is 24.1 Å². The summed E-state index contributed by atoms with van der Waals surface area (Å²) in [4.78, 5) is 18.7. The zero-order valence-corrected chi connectivity index (χ0v) is 15.1. The maximum atomic E-state index is 11.8. The molecule has 1 N–H and O–H groups in total. The molecule has 0 spiro atoms. The van der Waals surface area contributed by atoms with Gasteiger partial charge in [-0.3, -0.25) is 4.79 Å². The Kier molecular flexibility index (Phi) is 4.71. The van der Waals surface area contributed by atoms with Crippen molar-refractivity contribution >= 4 is 16.9 Å². The van der Waals surface area contributed by atoms with Gasteiger partial charge in [0, 0.05) is 33.1 Å². The van der Waals surface area contributed by atoms with Crippen molar-refractivity contribution in [2.24, 2.45) is 7.05 Å². The number of carbonyl (C=O) groups is 1. The summed E-state index contributed by atoms with van der Waals surface area (Å²) < 4.78 is 2.15. The van der Waals surface area contributed by atoms with Crippen LogP contribution >= 0.6 is 0 Å². The van der Waals surface area contributed by atoms with Crippen molar-refractivity contribution < 1.29 is 4.79 Å². The first-order valence-electron chi connectivity index (χ1n) is 9.21. The van der Waals surface area contributed by atoms with Crippen LogP contribution in [-0.4, -0.2) is 40.0 Å². The van der Waals surface area contributed by atoms with Crippen LogP contribution in [0.1, 0.15) is 30.3 Å². The summed E-state index contributed by atoms with van der Waals surface area (Å²) in [5.74, 6) is 1.26. The van der Waals surface area contributed by atoms with Crippen molar-refractivity contribution in [2.45, 2.75) is 18.9 Å². The molecule has 5 nitrogen and oxygen atoms in total. The third kappa shape index (κ3) is 3.22. The van der Waals surface area contributed by atoms with E-state index in [9.17, 15) is 4.79 Å². The van der Waals surface area contributed by atoms with Crippen LogP contribution in [0.5, 0.6) is 0 Å². The van der Waals surface area contributed by atoms with Crippen molar-refractivity contribution in [1.82, 2.24) is 19.8 Å². The first-order chi connectivity index (χ1) is 12.7. The smallest absolute Gasteiger partial charge is 0.222 e. The second kappa shape index (κ2) is 7.30. The normalized spacial score (nSPS) is 15.7. The van der Waals surface area contributed by atoms with E-state index in [0.29, 0.717) is 6.42 Å². The molecular weight excluding hydrogens is 324 g/mol. The highest BCUT2D eigenvalue weighted by Gasteiger charge is 2.22. The fourth-order valence-corrected chi connectivity index (χ4v) is 3.71. The highest BCUT2D eigenvalue weighted by molar-refractivity contribution is 5.78. The molecule has 0 saturated carbocycles. The molecule has 2 heterocycles. The van der Waals surface area contributed by atoms with Gasteiger partial charge in [-0.15, -0.1) is 0 Å². The maximum absolute atomic E-state index is 11.8. The Morgan fingerprint density at radius 2 is 1.88 bits per heavy atom.